The molecule has 0 unspecified atom stereocenters. The first-order valence-corrected chi connectivity index (χ1v) is 6.40. The van der Waals surface area contributed by atoms with Crippen molar-refractivity contribution in [1.82, 2.24) is 9.80 Å². The molecular weight excluding hydrogens is 220 g/mol. The standard InChI is InChI=1S/C12H26N2O3/c1-4-5-6-14-7-9(13(2)3)11(16)12(17)10(14)8-15/h9-12,15-17H,4-8H2,1-3H3/t9-,10+,11+,12+/m0/s1. The molecule has 1 fully saturated rings. The molecule has 0 spiro atoms. The molecule has 0 saturated carbocycles. The molecule has 0 aromatic heterocycles. The van der Waals surface area contributed by atoms with Gasteiger partial charge in [-0.3, -0.25) is 4.90 Å². The van der Waals surface area contributed by atoms with Crippen molar-refractivity contribution in [2.75, 3.05) is 33.8 Å². The van der Waals surface area contributed by atoms with Crippen LogP contribution in [0.5, 0.6) is 0 Å². The largest absolute Gasteiger partial charge is 0.395 e. The minimum absolute atomic E-state index is 0.0790. The molecule has 1 saturated heterocycles. The van der Waals surface area contributed by atoms with Crippen LogP contribution < -0.4 is 0 Å². The fourth-order valence-electron chi connectivity index (χ4n) is 2.47. The van der Waals surface area contributed by atoms with Crippen molar-refractivity contribution in [3.8, 4) is 0 Å². The molecule has 0 radical (unpaired) electrons. The van der Waals surface area contributed by atoms with Gasteiger partial charge in [-0.15, -0.1) is 0 Å². The molecule has 3 N–H and O–H groups in total. The van der Waals surface area contributed by atoms with Crippen molar-refractivity contribution in [1.29, 1.82) is 0 Å². The Balaban J connectivity index is 2.73. The first kappa shape index (κ1) is 14.9. The van der Waals surface area contributed by atoms with Gasteiger partial charge in [0.05, 0.1) is 30.9 Å². The molecule has 0 aromatic carbocycles. The van der Waals surface area contributed by atoms with E-state index in [1.807, 2.05) is 19.0 Å². The number of likely N-dealkylation sites (N-methyl/N-ethyl adjacent to an activating group) is 1. The van der Waals surface area contributed by atoms with Gasteiger partial charge >= 0.3 is 0 Å². The molecule has 1 heterocycles. The molecule has 0 bridgehead atoms. The van der Waals surface area contributed by atoms with Crippen LogP contribution in [0.15, 0.2) is 0 Å². The Morgan fingerprint density at radius 1 is 1.24 bits per heavy atom. The van der Waals surface area contributed by atoms with Gasteiger partial charge in [-0.1, -0.05) is 13.3 Å². The SMILES string of the molecule is CCCCN1C[C@H](N(C)C)[C@@H](O)[C@H](O)[C@H]1CO. The van der Waals surface area contributed by atoms with Gasteiger partial charge in [-0.25, -0.2) is 0 Å². The summed E-state index contributed by atoms with van der Waals surface area (Å²) in [6.07, 6.45) is 0.456. The van der Waals surface area contributed by atoms with Gasteiger partial charge in [-0.2, -0.15) is 0 Å². The zero-order valence-electron chi connectivity index (χ0n) is 11.1. The minimum Gasteiger partial charge on any atom is -0.395 e. The van der Waals surface area contributed by atoms with Gasteiger partial charge in [-0.05, 0) is 27.1 Å². The Morgan fingerprint density at radius 3 is 2.35 bits per heavy atom. The van der Waals surface area contributed by atoms with E-state index in [1.54, 1.807) is 0 Å². The molecule has 5 heteroatoms. The fourth-order valence-corrected chi connectivity index (χ4v) is 2.47. The average molecular weight is 246 g/mol. The Kier molecular flexibility index (Phi) is 5.82. The number of nitrogens with zero attached hydrogens (tertiary/aromatic N) is 2. The molecule has 4 atom stereocenters. The van der Waals surface area contributed by atoms with Crippen LogP contribution in [0.25, 0.3) is 0 Å². The third-order valence-electron chi connectivity index (χ3n) is 3.68. The highest BCUT2D eigenvalue weighted by Crippen LogP contribution is 2.21. The van der Waals surface area contributed by atoms with E-state index in [0.29, 0.717) is 6.54 Å². The maximum absolute atomic E-state index is 10.0. The summed E-state index contributed by atoms with van der Waals surface area (Å²) in [6.45, 7) is 3.56. The zero-order valence-corrected chi connectivity index (χ0v) is 11.1. The summed E-state index contributed by atoms with van der Waals surface area (Å²) in [7, 11) is 3.80. The van der Waals surface area contributed by atoms with Gasteiger partial charge < -0.3 is 20.2 Å². The number of rotatable bonds is 5. The zero-order chi connectivity index (χ0) is 13.0. The van der Waals surface area contributed by atoms with Crippen LogP contribution in [0.1, 0.15) is 19.8 Å². The van der Waals surface area contributed by atoms with E-state index in [0.717, 1.165) is 19.4 Å². The lowest BCUT2D eigenvalue weighted by Gasteiger charge is -2.47. The van der Waals surface area contributed by atoms with E-state index in [1.165, 1.54) is 0 Å². The van der Waals surface area contributed by atoms with Crippen LogP contribution >= 0.6 is 0 Å². The Morgan fingerprint density at radius 2 is 1.88 bits per heavy atom. The second-order valence-corrected chi connectivity index (χ2v) is 5.11. The Hall–Kier alpha value is -0.200. The van der Waals surface area contributed by atoms with E-state index in [2.05, 4.69) is 11.8 Å². The maximum Gasteiger partial charge on any atom is 0.0992 e. The molecule has 0 aromatic rings. The summed E-state index contributed by atoms with van der Waals surface area (Å²) in [5.74, 6) is 0. The van der Waals surface area contributed by atoms with Crippen LogP contribution in [0, 0.1) is 0 Å². The topological polar surface area (TPSA) is 67.2 Å². The smallest absolute Gasteiger partial charge is 0.0992 e. The Labute approximate surface area is 104 Å². The van der Waals surface area contributed by atoms with Gasteiger partial charge in [0.25, 0.3) is 0 Å². The molecule has 1 aliphatic rings. The van der Waals surface area contributed by atoms with Crippen molar-refractivity contribution in [3.05, 3.63) is 0 Å². The van der Waals surface area contributed by atoms with Gasteiger partial charge in [0.15, 0.2) is 0 Å². The summed E-state index contributed by atoms with van der Waals surface area (Å²) < 4.78 is 0. The van der Waals surface area contributed by atoms with Crippen molar-refractivity contribution in [2.45, 2.75) is 44.1 Å². The van der Waals surface area contributed by atoms with E-state index in [9.17, 15) is 15.3 Å². The lowest BCUT2D eigenvalue weighted by Crippen LogP contribution is -2.65. The predicted octanol–water partition coefficient (Wildman–Crippen LogP) is -0.885. The fraction of sp³-hybridized carbons (Fsp3) is 1.00. The summed E-state index contributed by atoms with van der Waals surface area (Å²) in [4.78, 5) is 4.02. The minimum atomic E-state index is -0.877. The molecular formula is C12H26N2O3. The number of aliphatic hydroxyl groups is 3. The number of piperidine rings is 1. The van der Waals surface area contributed by atoms with Crippen molar-refractivity contribution >= 4 is 0 Å². The predicted molar refractivity (Wildman–Crippen MR) is 66.8 cm³/mol. The highest BCUT2D eigenvalue weighted by Gasteiger charge is 2.42. The Bertz CT molecular complexity index is 226. The highest BCUT2D eigenvalue weighted by atomic mass is 16.3. The molecule has 5 nitrogen and oxygen atoms in total. The van der Waals surface area contributed by atoms with E-state index < -0.39 is 12.2 Å². The molecule has 0 amide bonds. The lowest BCUT2D eigenvalue weighted by atomic mass is 9.91. The second-order valence-electron chi connectivity index (χ2n) is 5.11. The maximum atomic E-state index is 10.0. The van der Waals surface area contributed by atoms with Crippen molar-refractivity contribution < 1.29 is 15.3 Å². The first-order chi connectivity index (χ1) is 8.02. The van der Waals surface area contributed by atoms with E-state index in [4.69, 9.17) is 0 Å². The second kappa shape index (κ2) is 6.66. The molecule has 102 valence electrons. The molecule has 17 heavy (non-hydrogen) atoms. The highest BCUT2D eigenvalue weighted by molar-refractivity contribution is 4.97. The number of hydrogen-bond acceptors (Lipinski definition) is 5. The third kappa shape index (κ3) is 3.39. The average Bonchev–Trinajstić information content (AvgIpc) is 2.30. The number of hydrogen-bond donors (Lipinski definition) is 3. The number of aliphatic hydroxyl groups excluding tert-OH is 3. The summed E-state index contributed by atoms with van der Waals surface area (Å²) in [6, 6.07) is -0.419. The molecule has 1 aliphatic heterocycles. The van der Waals surface area contributed by atoms with Crippen LogP contribution in [0.4, 0.5) is 0 Å². The van der Waals surface area contributed by atoms with Gasteiger partial charge in [0.2, 0.25) is 0 Å². The quantitative estimate of drug-likeness (QED) is 0.587. The van der Waals surface area contributed by atoms with Crippen LogP contribution in [0.2, 0.25) is 0 Å². The van der Waals surface area contributed by atoms with Crippen LogP contribution in [-0.2, 0) is 0 Å². The molecule has 0 aliphatic carbocycles. The first-order valence-electron chi connectivity index (χ1n) is 6.40. The van der Waals surface area contributed by atoms with E-state index in [-0.39, 0.29) is 18.7 Å². The van der Waals surface area contributed by atoms with Gasteiger partial charge in [0, 0.05) is 6.54 Å². The van der Waals surface area contributed by atoms with Crippen molar-refractivity contribution in [3.63, 3.8) is 0 Å². The van der Waals surface area contributed by atoms with Crippen molar-refractivity contribution in [2.24, 2.45) is 0 Å². The summed E-state index contributed by atoms with van der Waals surface area (Å²) >= 11 is 0. The van der Waals surface area contributed by atoms with Crippen LogP contribution in [0.3, 0.4) is 0 Å². The van der Waals surface area contributed by atoms with E-state index >= 15 is 0 Å². The normalized spacial score (nSPS) is 35.5. The number of likely N-dealkylation sites (tertiary alicyclic amines) is 1. The summed E-state index contributed by atoms with van der Waals surface area (Å²) in [5.41, 5.74) is 0. The monoisotopic (exact) mass is 246 g/mol. The number of unbranched alkanes of at least 4 members (excludes halogenated alkanes) is 1. The van der Waals surface area contributed by atoms with Crippen LogP contribution in [-0.4, -0.2) is 83.2 Å². The molecule has 1 rings (SSSR count). The summed E-state index contributed by atoms with van der Waals surface area (Å²) in [5, 5.41) is 29.4. The lowest BCUT2D eigenvalue weighted by molar-refractivity contribution is -0.122. The van der Waals surface area contributed by atoms with Gasteiger partial charge in [0.1, 0.15) is 0 Å². The third-order valence-corrected chi connectivity index (χ3v) is 3.68.